The van der Waals surface area contributed by atoms with E-state index < -0.39 is 0 Å². The van der Waals surface area contributed by atoms with Gasteiger partial charge in [-0.1, -0.05) is 40.9 Å². The molecule has 0 atom stereocenters. The molecule has 2 rings (SSSR count). The predicted molar refractivity (Wildman–Crippen MR) is 110 cm³/mol. The highest BCUT2D eigenvalue weighted by Crippen LogP contribution is 2.28. The average Bonchev–Trinajstić information content (AvgIpc) is 2.64. The van der Waals surface area contributed by atoms with Gasteiger partial charge in [-0.15, -0.1) is 0 Å². The molecule has 0 saturated carbocycles. The number of halogens is 3. The highest BCUT2D eigenvalue weighted by Gasteiger charge is 2.15. The van der Waals surface area contributed by atoms with E-state index in [9.17, 15) is 4.79 Å². The number of nitrogens with one attached hydrogen (secondary N) is 1. The first-order valence-corrected chi connectivity index (χ1v) is 9.61. The van der Waals surface area contributed by atoms with Crippen LogP contribution in [0.5, 0.6) is 5.75 Å². The molecule has 0 aliphatic heterocycles. The summed E-state index contributed by atoms with van der Waals surface area (Å²) < 4.78 is 5.39. The fraction of sp³-hybridized carbons (Fsp3) is 0.316. The van der Waals surface area contributed by atoms with Crippen LogP contribution in [-0.2, 0) is 6.54 Å². The number of amides is 2. The molecule has 0 saturated heterocycles. The maximum atomic E-state index is 12.7. The van der Waals surface area contributed by atoms with Gasteiger partial charge in [0.2, 0.25) is 0 Å². The second kappa shape index (κ2) is 10.6. The topological polar surface area (TPSA) is 61.8 Å². The molecular weight excluding hydrogens is 411 g/mol. The molecule has 27 heavy (non-hydrogen) atoms. The number of ether oxygens (including phenoxy) is 1. The van der Waals surface area contributed by atoms with E-state index in [0.717, 1.165) is 5.56 Å². The van der Waals surface area contributed by atoms with E-state index in [1.165, 1.54) is 0 Å². The minimum Gasteiger partial charge on any atom is -0.492 e. The Morgan fingerprint density at radius 2 is 1.89 bits per heavy atom. The lowest BCUT2D eigenvalue weighted by Crippen LogP contribution is -2.35. The number of hydrogen-bond acceptors (Lipinski definition) is 3. The van der Waals surface area contributed by atoms with Gasteiger partial charge in [0, 0.05) is 25.4 Å². The zero-order chi connectivity index (χ0) is 19.8. The van der Waals surface area contributed by atoms with Crippen molar-refractivity contribution in [2.24, 2.45) is 0 Å². The molecule has 0 aliphatic rings. The SMILES string of the molecule is CCOc1ccc(NC(=O)N(CCCO)Cc2ccc(Cl)c(Cl)c2)cc1Cl. The van der Waals surface area contributed by atoms with E-state index in [1.54, 1.807) is 41.3 Å². The van der Waals surface area contributed by atoms with E-state index in [2.05, 4.69) is 5.32 Å². The van der Waals surface area contributed by atoms with Crippen molar-refractivity contribution in [2.45, 2.75) is 19.9 Å². The molecule has 0 heterocycles. The number of carbonyl (C=O) groups is 1. The van der Waals surface area contributed by atoms with E-state index in [0.29, 0.717) is 52.6 Å². The zero-order valence-corrected chi connectivity index (χ0v) is 17.1. The van der Waals surface area contributed by atoms with Gasteiger partial charge in [0.1, 0.15) is 5.75 Å². The van der Waals surface area contributed by atoms with Gasteiger partial charge >= 0.3 is 6.03 Å². The summed E-state index contributed by atoms with van der Waals surface area (Å²) in [6, 6.07) is 9.96. The first-order chi connectivity index (χ1) is 12.9. The molecule has 2 N–H and O–H groups in total. The number of nitrogens with zero attached hydrogens (tertiary/aromatic N) is 1. The summed E-state index contributed by atoms with van der Waals surface area (Å²) in [5.41, 5.74) is 1.39. The summed E-state index contributed by atoms with van der Waals surface area (Å²) in [6.07, 6.45) is 0.457. The van der Waals surface area contributed by atoms with Gasteiger partial charge in [0.25, 0.3) is 0 Å². The Morgan fingerprint density at radius 1 is 1.11 bits per heavy atom. The van der Waals surface area contributed by atoms with Gasteiger partial charge < -0.3 is 20.1 Å². The highest BCUT2D eigenvalue weighted by molar-refractivity contribution is 6.42. The molecule has 0 radical (unpaired) electrons. The number of anilines is 1. The summed E-state index contributed by atoms with van der Waals surface area (Å²) in [7, 11) is 0. The lowest BCUT2D eigenvalue weighted by molar-refractivity contribution is 0.199. The summed E-state index contributed by atoms with van der Waals surface area (Å²) in [5.74, 6) is 0.560. The maximum Gasteiger partial charge on any atom is 0.322 e. The minimum absolute atomic E-state index is 0.0139. The smallest absolute Gasteiger partial charge is 0.322 e. The Bertz CT molecular complexity index is 787. The van der Waals surface area contributed by atoms with E-state index >= 15 is 0 Å². The van der Waals surface area contributed by atoms with Crippen molar-refractivity contribution in [1.29, 1.82) is 0 Å². The summed E-state index contributed by atoms with van der Waals surface area (Å²) >= 11 is 18.2. The molecule has 0 unspecified atom stereocenters. The quantitative estimate of drug-likeness (QED) is 0.583. The molecule has 2 aromatic carbocycles. The van der Waals surface area contributed by atoms with Gasteiger partial charge in [-0.3, -0.25) is 0 Å². The van der Waals surface area contributed by atoms with Crippen LogP contribution in [0.3, 0.4) is 0 Å². The summed E-state index contributed by atoms with van der Waals surface area (Å²) in [6.45, 7) is 3.07. The van der Waals surface area contributed by atoms with E-state index in [-0.39, 0.29) is 12.6 Å². The fourth-order valence-corrected chi connectivity index (χ4v) is 2.98. The Kier molecular flexibility index (Phi) is 8.51. The van der Waals surface area contributed by atoms with Crippen LogP contribution in [0.2, 0.25) is 15.1 Å². The van der Waals surface area contributed by atoms with Crippen LogP contribution in [0.15, 0.2) is 36.4 Å². The van der Waals surface area contributed by atoms with Crippen molar-refractivity contribution in [3.63, 3.8) is 0 Å². The molecule has 0 bridgehead atoms. The first kappa shape index (κ1) is 21.6. The molecule has 0 aromatic heterocycles. The van der Waals surface area contributed by atoms with Crippen LogP contribution < -0.4 is 10.1 Å². The third-order valence-corrected chi connectivity index (χ3v) is 4.75. The fourth-order valence-electron chi connectivity index (χ4n) is 2.43. The second-order valence-electron chi connectivity index (χ2n) is 5.76. The zero-order valence-electron chi connectivity index (χ0n) is 14.8. The number of carbonyl (C=O) groups excluding carboxylic acids is 1. The number of aliphatic hydroxyl groups excluding tert-OH is 1. The lowest BCUT2D eigenvalue weighted by Gasteiger charge is -2.23. The minimum atomic E-state index is -0.310. The Morgan fingerprint density at radius 3 is 2.52 bits per heavy atom. The van der Waals surface area contributed by atoms with Gasteiger partial charge in [0.15, 0.2) is 0 Å². The van der Waals surface area contributed by atoms with Gasteiger partial charge in [-0.25, -0.2) is 4.79 Å². The Hall–Kier alpha value is -1.66. The Balaban J connectivity index is 2.11. The number of benzene rings is 2. The summed E-state index contributed by atoms with van der Waals surface area (Å²) in [4.78, 5) is 14.3. The molecular formula is C19H21Cl3N2O3. The molecule has 146 valence electrons. The monoisotopic (exact) mass is 430 g/mol. The van der Waals surface area contributed by atoms with Crippen LogP contribution in [0, 0.1) is 0 Å². The van der Waals surface area contributed by atoms with Crippen molar-refractivity contribution in [2.75, 3.05) is 25.1 Å². The number of aliphatic hydroxyl groups is 1. The van der Waals surface area contributed by atoms with Gasteiger partial charge in [-0.2, -0.15) is 0 Å². The molecule has 0 fully saturated rings. The second-order valence-corrected chi connectivity index (χ2v) is 6.98. The van der Waals surface area contributed by atoms with Crippen molar-refractivity contribution >= 4 is 46.5 Å². The first-order valence-electron chi connectivity index (χ1n) is 8.47. The predicted octanol–water partition coefficient (Wildman–Crippen LogP) is 5.46. The number of urea groups is 1. The molecule has 8 heteroatoms. The molecule has 2 amide bonds. The lowest BCUT2D eigenvalue weighted by atomic mass is 10.2. The normalized spacial score (nSPS) is 10.6. The van der Waals surface area contributed by atoms with E-state index in [4.69, 9.17) is 44.6 Å². The van der Waals surface area contributed by atoms with E-state index in [1.807, 2.05) is 6.92 Å². The van der Waals surface area contributed by atoms with Crippen molar-refractivity contribution in [1.82, 2.24) is 4.90 Å². The van der Waals surface area contributed by atoms with Gasteiger partial charge in [-0.05, 0) is 49.2 Å². The van der Waals surface area contributed by atoms with Crippen LogP contribution in [0.4, 0.5) is 10.5 Å². The highest BCUT2D eigenvalue weighted by atomic mass is 35.5. The number of rotatable bonds is 8. The average molecular weight is 432 g/mol. The molecule has 0 aliphatic carbocycles. The standard InChI is InChI=1S/C19H21Cl3N2O3/c1-2-27-18-7-5-14(11-17(18)22)23-19(26)24(8-3-9-25)12-13-4-6-15(20)16(21)10-13/h4-7,10-11,25H,2-3,8-9,12H2,1H3,(H,23,26). The summed E-state index contributed by atoms with van der Waals surface area (Å²) in [5, 5.41) is 13.2. The van der Waals surface area contributed by atoms with Crippen molar-refractivity contribution < 1.29 is 14.6 Å². The maximum absolute atomic E-state index is 12.7. The molecule has 5 nitrogen and oxygen atoms in total. The third kappa shape index (κ3) is 6.47. The molecule has 2 aromatic rings. The Labute approximate surface area is 173 Å². The van der Waals surface area contributed by atoms with Crippen LogP contribution in [-0.4, -0.2) is 35.8 Å². The largest absolute Gasteiger partial charge is 0.492 e. The van der Waals surface area contributed by atoms with Crippen LogP contribution in [0.25, 0.3) is 0 Å². The van der Waals surface area contributed by atoms with Crippen LogP contribution in [0.1, 0.15) is 18.9 Å². The number of hydrogen-bond donors (Lipinski definition) is 2. The van der Waals surface area contributed by atoms with Crippen LogP contribution >= 0.6 is 34.8 Å². The molecule has 0 spiro atoms. The van der Waals surface area contributed by atoms with Crippen molar-refractivity contribution in [3.8, 4) is 5.75 Å². The van der Waals surface area contributed by atoms with Gasteiger partial charge in [0.05, 0.1) is 21.7 Å². The van der Waals surface area contributed by atoms with Crippen molar-refractivity contribution in [3.05, 3.63) is 57.0 Å². The third-order valence-electron chi connectivity index (χ3n) is 3.71.